The van der Waals surface area contributed by atoms with Crippen LogP contribution >= 0.6 is 0 Å². The van der Waals surface area contributed by atoms with Crippen LogP contribution in [0.5, 0.6) is 5.75 Å². The average Bonchev–Trinajstić information content (AvgIpc) is 2.72. The van der Waals surface area contributed by atoms with Gasteiger partial charge in [-0.3, -0.25) is 4.79 Å². The van der Waals surface area contributed by atoms with E-state index in [1.165, 1.54) is 12.1 Å². The van der Waals surface area contributed by atoms with Crippen LogP contribution in [0.25, 0.3) is 6.08 Å². The number of halogens is 1. The van der Waals surface area contributed by atoms with E-state index in [1.54, 1.807) is 18.2 Å². The van der Waals surface area contributed by atoms with Gasteiger partial charge in [-0.05, 0) is 48.4 Å². The summed E-state index contributed by atoms with van der Waals surface area (Å²) < 4.78 is 25.2. The van der Waals surface area contributed by atoms with Gasteiger partial charge >= 0.3 is 0 Å². The Labute approximate surface area is 164 Å². The SMILES string of the molecule is CCCOc1ccc(/C=C/C(=O)Nc2ccc(N3CCOCC3)c(F)c2)cc1. The van der Waals surface area contributed by atoms with E-state index in [4.69, 9.17) is 9.47 Å². The minimum absolute atomic E-state index is 0.315. The molecule has 0 unspecified atom stereocenters. The highest BCUT2D eigenvalue weighted by atomic mass is 19.1. The molecule has 1 aliphatic rings. The molecule has 1 saturated heterocycles. The second-order valence-electron chi connectivity index (χ2n) is 6.51. The van der Waals surface area contributed by atoms with E-state index in [1.807, 2.05) is 29.2 Å². The number of carbonyl (C=O) groups excluding carboxylic acids is 1. The lowest BCUT2D eigenvalue weighted by Gasteiger charge is -2.29. The van der Waals surface area contributed by atoms with Gasteiger partial charge in [0, 0.05) is 24.9 Å². The molecule has 1 fully saturated rings. The maximum Gasteiger partial charge on any atom is 0.248 e. The minimum atomic E-state index is -0.355. The molecule has 3 rings (SSSR count). The van der Waals surface area contributed by atoms with Crippen molar-refractivity contribution in [3.8, 4) is 5.75 Å². The van der Waals surface area contributed by atoms with Crippen molar-refractivity contribution in [1.29, 1.82) is 0 Å². The van der Waals surface area contributed by atoms with Crippen LogP contribution in [-0.2, 0) is 9.53 Å². The number of amides is 1. The Bertz CT molecular complexity index is 815. The summed E-state index contributed by atoms with van der Waals surface area (Å²) >= 11 is 0. The van der Waals surface area contributed by atoms with E-state index in [9.17, 15) is 9.18 Å². The Morgan fingerprint density at radius 2 is 1.96 bits per heavy atom. The van der Waals surface area contributed by atoms with Crippen LogP contribution in [0.2, 0.25) is 0 Å². The van der Waals surface area contributed by atoms with Gasteiger partial charge in [-0.1, -0.05) is 19.1 Å². The van der Waals surface area contributed by atoms with E-state index >= 15 is 0 Å². The third-order valence-corrected chi connectivity index (χ3v) is 4.35. The number of nitrogens with one attached hydrogen (secondary N) is 1. The summed E-state index contributed by atoms with van der Waals surface area (Å²) in [6.07, 6.45) is 4.09. The molecular formula is C22H25FN2O3. The Kier molecular flexibility index (Phi) is 7.03. The number of ether oxygens (including phenoxy) is 2. The molecule has 0 atom stereocenters. The first-order valence-electron chi connectivity index (χ1n) is 9.50. The van der Waals surface area contributed by atoms with Crippen LogP contribution in [-0.4, -0.2) is 38.8 Å². The number of hydrogen-bond donors (Lipinski definition) is 1. The second-order valence-corrected chi connectivity index (χ2v) is 6.51. The lowest BCUT2D eigenvalue weighted by atomic mass is 10.2. The van der Waals surface area contributed by atoms with Gasteiger partial charge in [-0.2, -0.15) is 0 Å². The molecule has 0 spiro atoms. The molecule has 1 heterocycles. The first-order valence-corrected chi connectivity index (χ1v) is 9.50. The molecule has 0 radical (unpaired) electrons. The summed E-state index contributed by atoms with van der Waals surface area (Å²) in [7, 11) is 0. The van der Waals surface area contributed by atoms with Crippen LogP contribution in [0.3, 0.4) is 0 Å². The standard InChI is InChI=1S/C22H25FN2O3/c1-2-13-28-19-7-3-17(4-8-19)5-10-22(26)24-18-6-9-21(20(23)16-18)25-11-14-27-15-12-25/h3-10,16H,2,11-15H2,1H3,(H,24,26)/b10-5+. The molecule has 148 valence electrons. The Balaban J connectivity index is 1.56. The zero-order valence-electron chi connectivity index (χ0n) is 16.0. The fourth-order valence-corrected chi connectivity index (χ4v) is 2.90. The number of hydrogen-bond acceptors (Lipinski definition) is 4. The Morgan fingerprint density at radius 1 is 1.21 bits per heavy atom. The number of nitrogens with zero attached hydrogens (tertiary/aromatic N) is 1. The molecule has 5 nitrogen and oxygen atoms in total. The summed E-state index contributed by atoms with van der Waals surface area (Å²) in [6.45, 7) is 5.24. The monoisotopic (exact) mass is 384 g/mol. The van der Waals surface area contributed by atoms with Crippen LogP contribution in [0.15, 0.2) is 48.5 Å². The number of rotatable bonds is 7. The number of carbonyl (C=O) groups is 1. The maximum atomic E-state index is 14.4. The number of morpholine rings is 1. The van der Waals surface area contributed by atoms with Gasteiger partial charge in [0.2, 0.25) is 5.91 Å². The van der Waals surface area contributed by atoms with Crippen LogP contribution in [0, 0.1) is 5.82 Å². The molecule has 0 bridgehead atoms. The van der Waals surface area contributed by atoms with Gasteiger partial charge in [0.1, 0.15) is 11.6 Å². The van der Waals surface area contributed by atoms with Crippen molar-refractivity contribution in [3.63, 3.8) is 0 Å². The van der Waals surface area contributed by atoms with Gasteiger partial charge in [0.15, 0.2) is 0 Å². The van der Waals surface area contributed by atoms with Gasteiger partial charge < -0.3 is 19.7 Å². The molecule has 2 aromatic carbocycles. The predicted octanol–water partition coefficient (Wildman–Crippen LogP) is 4.10. The van der Waals surface area contributed by atoms with Gasteiger partial charge in [-0.25, -0.2) is 4.39 Å². The Morgan fingerprint density at radius 3 is 2.64 bits per heavy atom. The molecule has 1 aliphatic heterocycles. The molecule has 0 aliphatic carbocycles. The van der Waals surface area contributed by atoms with Gasteiger partial charge in [0.05, 0.1) is 25.5 Å². The molecule has 1 amide bonds. The van der Waals surface area contributed by atoms with Crippen molar-refractivity contribution in [2.75, 3.05) is 43.1 Å². The van der Waals surface area contributed by atoms with Crippen LogP contribution in [0.4, 0.5) is 15.8 Å². The van der Waals surface area contributed by atoms with Gasteiger partial charge in [-0.15, -0.1) is 0 Å². The summed E-state index contributed by atoms with van der Waals surface area (Å²) in [4.78, 5) is 14.1. The summed E-state index contributed by atoms with van der Waals surface area (Å²) in [5, 5.41) is 2.69. The van der Waals surface area contributed by atoms with E-state index in [0.717, 1.165) is 17.7 Å². The quantitative estimate of drug-likeness (QED) is 0.730. The highest BCUT2D eigenvalue weighted by Gasteiger charge is 2.15. The fraction of sp³-hybridized carbons (Fsp3) is 0.318. The van der Waals surface area contributed by atoms with E-state index < -0.39 is 0 Å². The summed E-state index contributed by atoms with van der Waals surface area (Å²) in [6, 6.07) is 12.2. The fourth-order valence-electron chi connectivity index (χ4n) is 2.90. The number of benzene rings is 2. The van der Waals surface area contributed by atoms with E-state index in [-0.39, 0.29) is 11.7 Å². The minimum Gasteiger partial charge on any atom is -0.494 e. The molecule has 6 heteroatoms. The van der Waals surface area contributed by atoms with Crippen LogP contribution < -0.4 is 15.0 Å². The summed E-state index contributed by atoms with van der Waals surface area (Å²) in [5.74, 6) is 0.135. The second kappa shape index (κ2) is 9.90. The van der Waals surface area contributed by atoms with E-state index in [0.29, 0.717) is 44.3 Å². The molecule has 0 aromatic heterocycles. The summed E-state index contributed by atoms with van der Waals surface area (Å²) in [5.41, 5.74) is 1.84. The third-order valence-electron chi connectivity index (χ3n) is 4.35. The van der Waals surface area contributed by atoms with Crippen molar-refractivity contribution >= 4 is 23.4 Å². The van der Waals surface area contributed by atoms with Gasteiger partial charge in [0.25, 0.3) is 0 Å². The molecule has 0 saturated carbocycles. The first-order chi connectivity index (χ1) is 13.7. The van der Waals surface area contributed by atoms with Crippen molar-refractivity contribution in [1.82, 2.24) is 0 Å². The lowest BCUT2D eigenvalue weighted by Crippen LogP contribution is -2.36. The maximum absolute atomic E-state index is 14.4. The van der Waals surface area contributed by atoms with E-state index in [2.05, 4.69) is 12.2 Å². The predicted molar refractivity (Wildman–Crippen MR) is 109 cm³/mol. The van der Waals surface area contributed by atoms with Crippen molar-refractivity contribution < 1.29 is 18.7 Å². The topological polar surface area (TPSA) is 50.8 Å². The zero-order valence-corrected chi connectivity index (χ0v) is 16.0. The van der Waals surface area contributed by atoms with Crippen LogP contribution in [0.1, 0.15) is 18.9 Å². The molecule has 1 N–H and O–H groups in total. The molecule has 2 aromatic rings. The van der Waals surface area contributed by atoms with Crippen molar-refractivity contribution in [2.24, 2.45) is 0 Å². The largest absolute Gasteiger partial charge is 0.494 e. The molecular weight excluding hydrogens is 359 g/mol. The van der Waals surface area contributed by atoms with Crippen molar-refractivity contribution in [3.05, 3.63) is 59.9 Å². The Hall–Kier alpha value is -2.86. The molecule has 28 heavy (non-hydrogen) atoms. The van der Waals surface area contributed by atoms with Crippen molar-refractivity contribution in [2.45, 2.75) is 13.3 Å². The lowest BCUT2D eigenvalue weighted by molar-refractivity contribution is -0.111. The highest BCUT2D eigenvalue weighted by Crippen LogP contribution is 2.23. The normalized spacial score (nSPS) is 14.3. The zero-order chi connectivity index (χ0) is 19.8. The third kappa shape index (κ3) is 5.57. The average molecular weight is 384 g/mol. The smallest absolute Gasteiger partial charge is 0.248 e. The first kappa shape index (κ1) is 19.9. The number of anilines is 2. The highest BCUT2D eigenvalue weighted by molar-refractivity contribution is 6.02.